The Balaban J connectivity index is 1.66. The summed E-state index contributed by atoms with van der Waals surface area (Å²) >= 11 is 7.34. The molecule has 1 aromatic heterocycles. The van der Waals surface area contributed by atoms with Crippen molar-refractivity contribution in [1.29, 1.82) is 0 Å². The van der Waals surface area contributed by atoms with E-state index >= 15 is 0 Å². The first-order valence-electron chi connectivity index (χ1n) is 10.1. The maximum atomic E-state index is 6.17. The van der Waals surface area contributed by atoms with Crippen LogP contribution in [0.3, 0.4) is 0 Å². The van der Waals surface area contributed by atoms with Crippen LogP contribution in [0, 0.1) is 4.77 Å². The Kier molecular flexibility index (Phi) is 7.02. The standard InChI is InChI=1S/C21H27N3O5S2/c1-5-9-28-12-7-6-8-13-16(12)22-19-14(29-13)10-24(21(30)23-19)20-18(27-4)17(26-3)15(31-20)11-25-2/h6-8,10,15,17-18,20H,5,9,11H2,1-4H3,(H,22,23,30)/t15-,17?,18+,20-/m1/s1. The molecule has 4 rings (SSSR count). The molecule has 0 amide bonds. The SMILES string of the molecule is CCCOc1cccc2c1Nc1nc(=S)n([C@@H]3S[C@H](COC)C(OC)[C@@H]3OC)cc1O2. The highest BCUT2D eigenvalue weighted by molar-refractivity contribution is 8.00. The summed E-state index contributed by atoms with van der Waals surface area (Å²) in [4.78, 5) is 4.61. The van der Waals surface area contributed by atoms with Gasteiger partial charge in [0.05, 0.1) is 24.7 Å². The normalized spacial score (nSPS) is 24.1. The van der Waals surface area contributed by atoms with Crippen LogP contribution in [0.25, 0.3) is 0 Å². The van der Waals surface area contributed by atoms with Gasteiger partial charge in [-0.2, -0.15) is 4.98 Å². The molecule has 4 atom stereocenters. The molecule has 8 nitrogen and oxygen atoms in total. The third-order valence-corrected chi connectivity index (χ3v) is 7.10. The zero-order chi connectivity index (χ0) is 22.0. The van der Waals surface area contributed by atoms with E-state index in [9.17, 15) is 0 Å². The van der Waals surface area contributed by atoms with Crippen LogP contribution in [0.15, 0.2) is 24.4 Å². The molecule has 1 N–H and O–H groups in total. The monoisotopic (exact) mass is 465 g/mol. The predicted octanol–water partition coefficient (Wildman–Crippen LogP) is 4.54. The van der Waals surface area contributed by atoms with Gasteiger partial charge in [0.2, 0.25) is 4.77 Å². The molecule has 0 aliphatic carbocycles. The van der Waals surface area contributed by atoms with Crippen LogP contribution >= 0.6 is 24.0 Å². The molecule has 3 heterocycles. The lowest BCUT2D eigenvalue weighted by Crippen LogP contribution is -2.36. The van der Waals surface area contributed by atoms with Gasteiger partial charge < -0.3 is 33.6 Å². The molecule has 31 heavy (non-hydrogen) atoms. The number of methoxy groups -OCH3 is 3. The average molecular weight is 466 g/mol. The highest BCUT2D eigenvalue weighted by Crippen LogP contribution is 2.48. The Labute approximate surface area is 191 Å². The summed E-state index contributed by atoms with van der Waals surface area (Å²) in [5, 5.41) is 3.32. The first-order chi connectivity index (χ1) is 15.1. The molecule has 0 bridgehead atoms. The topological polar surface area (TPSA) is 76.0 Å². The van der Waals surface area contributed by atoms with Crippen molar-refractivity contribution < 1.29 is 23.7 Å². The average Bonchev–Trinajstić information content (AvgIpc) is 3.13. The molecule has 1 fully saturated rings. The molecule has 0 saturated carbocycles. The Morgan fingerprint density at radius 1 is 1.19 bits per heavy atom. The molecule has 2 aromatic rings. The summed E-state index contributed by atoms with van der Waals surface area (Å²) in [6, 6.07) is 5.71. The fourth-order valence-electron chi connectivity index (χ4n) is 3.85. The lowest BCUT2D eigenvalue weighted by atomic mass is 10.1. The lowest BCUT2D eigenvalue weighted by molar-refractivity contribution is -0.0431. The van der Waals surface area contributed by atoms with Gasteiger partial charge in [0.15, 0.2) is 17.3 Å². The van der Waals surface area contributed by atoms with Gasteiger partial charge in [-0.05, 0) is 30.8 Å². The molecule has 1 aromatic carbocycles. The number of aromatic nitrogens is 2. The van der Waals surface area contributed by atoms with E-state index in [0.29, 0.717) is 35.3 Å². The van der Waals surface area contributed by atoms with E-state index in [0.717, 1.165) is 17.9 Å². The highest BCUT2D eigenvalue weighted by atomic mass is 32.2. The number of para-hydroxylation sites is 1. The number of anilines is 2. The number of ether oxygens (including phenoxy) is 5. The van der Waals surface area contributed by atoms with Crippen molar-refractivity contribution in [2.24, 2.45) is 0 Å². The number of nitrogens with one attached hydrogen (secondary N) is 1. The van der Waals surface area contributed by atoms with Crippen molar-refractivity contribution in [3.05, 3.63) is 29.2 Å². The minimum Gasteiger partial charge on any atom is -0.491 e. The third kappa shape index (κ3) is 4.27. The Morgan fingerprint density at radius 3 is 2.71 bits per heavy atom. The van der Waals surface area contributed by atoms with Crippen LogP contribution in [-0.2, 0) is 14.2 Å². The van der Waals surface area contributed by atoms with Crippen molar-refractivity contribution in [2.75, 3.05) is 39.9 Å². The van der Waals surface area contributed by atoms with Gasteiger partial charge in [-0.1, -0.05) is 13.0 Å². The number of fused-ring (bicyclic) bond motifs is 2. The van der Waals surface area contributed by atoms with Crippen molar-refractivity contribution >= 4 is 35.5 Å². The Hall–Kier alpha value is -1.85. The van der Waals surface area contributed by atoms with E-state index in [-0.39, 0.29) is 22.8 Å². The Morgan fingerprint density at radius 2 is 2.00 bits per heavy atom. The van der Waals surface area contributed by atoms with E-state index in [2.05, 4.69) is 17.2 Å². The predicted molar refractivity (Wildman–Crippen MR) is 123 cm³/mol. The van der Waals surface area contributed by atoms with Gasteiger partial charge in [0, 0.05) is 21.3 Å². The first-order valence-corrected chi connectivity index (χ1v) is 11.5. The molecule has 168 valence electrons. The fourth-order valence-corrected chi connectivity index (χ4v) is 5.88. The van der Waals surface area contributed by atoms with Crippen molar-refractivity contribution in [1.82, 2.24) is 9.55 Å². The zero-order valence-corrected chi connectivity index (χ0v) is 19.6. The molecule has 1 unspecified atom stereocenters. The second-order valence-corrected chi connectivity index (χ2v) is 9.00. The van der Waals surface area contributed by atoms with Gasteiger partial charge >= 0.3 is 0 Å². The number of hydrogen-bond donors (Lipinski definition) is 1. The van der Waals surface area contributed by atoms with Crippen LogP contribution in [0.4, 0.5) is 11.5 Å². The molecule has 0 spiro atoms. The maximum Gasteiger partial charge on any atom is 0.202 e. The number of thioether (sulfide) groups is 1. The quantitative estimate of drug-likeness (QED) is 0.483. The number of nitrogens with zero attached hydrogens (tertiary/aromatic N) is 2. The first kappa shape index (κ1) is 22.3. The second kappa shape index (κ2) is 9.74. The van der Waals surface area contributed by atoms with Crippen molar-refractivity contribution in [3.63, 3.8) is 0 Å². The van der Waals surface area contributed by atoms with E-state index < -0.39 is 0 Å². The number of benzene rings is 1. The molecule has 1 saturated heterocycles. The van der Waals surface area contributed by atoms with E-state index in [4.69, 9.17) is 35.9 Å². The van der Waals surface area contributed by atoms with Crippen LogP contribution in [-0.4, -0.2) is 61.6 Å². The summed E-state index contributed by atoms with van der Waals surface area (Å²) < 4.78 is 31.3. The number of rotatable bonds is 8. The summed E-state index contributed by atoms with van der Waals surface area (Å²) in [7, 11) is 5.06. The van der Waals surface area contributed by atoms with E-state index in [1.165, 1.54) is 0 Å². The van der Waals surface area contributed by atoms with Gasteiger partial charge in [-0.15, -0.1) is 11.8 Å². The number of hydrogen-bond acceptors (Lipinski definition) is 9. The van der Waals surface area contributed by atoms with E-state index in [1.807, 2.05) is 29.0 Å². The van der Waals surface area contributed by atoms with Crippen LogP contribution in [0.5, 0.6) is 17.2 Å². The second-order valence-electron chi connectivity index (χ2n) is 7.27. The van der Waals surface area contributed by atoms with Crippen LogP contribution in [0.1, 0.15) is 18.7 Å². The van der Waals surface area contributed by atoms with Gasteiger partial charge in [0.1, 0.15) is 29.0 Å². The molecular formula is C21H27N3O5S2. The molecular weight excluding hydrogens is 438 g/mol. The maximum absolute atomic E-state index is 6.17. The molecule has 2 aliphatic heterocycles. The van der Waals surface area contributed by atoms with Crippen molar-refractivity contribution in [3.8, 4) is 17.2 Å². The van der Waals surface area contributed by atoms with Gasteiger partial charge in [-0.25, -0.2) is 0 Å². The minimum atomic E-state index is -0.209. The van der Waals surface area contributed by atoms with E-state index in [1.54, 1.807) is 33.1 Å². The third-order valence-electron chi connectivity index (χ3n) is 5.27. The summed E-state index contributed by atoms with van der Waals surface area (Å²) in [6.07, 6.45) is 2.46. The molecule has 0 radical (unpaired) electrons. The molecule has 10 heteroatoms. The highest BCUT2D eigenvalue weighted by Gasteiger charge is 2.46. The van der Waals surface area contributed by atoms with Gasteiger partial charge in [0.25, 0.3) is 0 Å². The lowest BCUT2D eigenvalue weighted by Gasteiger charge is -2.27. The smallest absolute Gasteiger partial charge is 0.202 e. The Bertz CT molecular complexity index is 986. The largest absolute Gasteiger partial charge is 0.491 e. The summed E-state index contributed by atoms with van der Waals surface area (Å²) in [5.41, 5.74) is 0.757. The fraction of sp³-hybridized carbons (Fsp3) is 0.524. The minimum absolute atomic E-state index is 0.112. The van der Waals surface area contributed by atoms with Crippen molar-refractivity contribution in [2.45, 2.75) is 36.2 Å². The zero-order valence-electron chi connectivity index (χ0n) is 18.0. The molecule has 2 aliphatic rings. The van der Waals surface area contributed by atoms with Crippen LogP contribution in [0.2, 0.25) is 0 Å². The van der Waals surface area contributed by atoms with Gasteiger partial charge in [-0.3, -0.25) is 0 Å². The van der Waals surface area contributed by atoms with Crippen LogP contribution < -0.4 is 14.8 Å². The summed E-state index contributed by atoms with van der Waals surface area (Å²) in [5.74, 6) is 2.56. The summed E-state index contributed by atoms with van der Waals surface area (Å²) in [6.45, 7) is 3.25.